The number of hydrogen-bond donors (Lipinski definition) is 0. The predicted molar refractivity (Wildman–Crippen MR) is 76.7 cm³/mol. The molecule has 0 aliphatic heterocycles. The lowest BCUT2D eigenvalue weighted by Crippen LogP contribution is -2.27. The van der Waals surface area contributed by atoms with Crippen molar-refractivity contribution in [2.75, 3.05) is 35.5 Å². The molecule has 2 unspecified atom stereocenters. The van der Waals surface area contributed by atoms with Crippen LogP contribution in [0.25, 0.3) is 0 Å². The van der Waals surface area contributed by atoms with Crippen molar-refractivity contribution in [2.24, 2.45) is 5.92 Å². The quantitative estimate of drug-likeness (QED) is 0.749. The van der Waals surface area contributed by atoms with Crippen molar-refractivity contribution in [2.45, 2.75) is 12.3 Å². The van der Waals surface area contributed by atoms with Crippen LogP contribution in [0.3, 0.4) is 0 Å². The van der Waals surface area contributed by atoms with Gasteiger partial charge in [0.15, 0.2) is 11.5 Å². The topological polar surface area (TPSA) is 57.2 Å². The summed E-state index contributed by atoms with van der Waals surface area (Å²) in [5.41, 5.74) is 1.01. The molecule has 2 atom stereocenters. The number of carbonyl (C=O) groups is 1. The number of nitrogens with zero attached hydrogens (tertiary/aromatic N) is 1. The van der Waals surface area contributed by atoms with E-state index >= 15 is 0 Å². The first-order valence-electron chi connectivity index (χ1n) is 6.68. The molecular weight excluding hydrogens is 274 g/mol. The highest BCUT2D eigenvalue weighted by Gasteiger charge is 2.46. The fourth-order valence-electron chi connectivity index (χ4n) is 2.48. The summed E-state index contributed by atoms with van der Waals surface area (Å²) in [5.74, 6) is 1.84. The average Bonchev–Trinajstić information content (AvgIpc) is 3.32. The Hall–Kier alpha value is -1.95. The average molecular weight is 295 g/mol. The van der Waals surface area contributed by atoms with E-state index in [0.717, 1.165) is 12.0 Å². The van der Waals surface area contributed by atoms with E-state index in [9.17, 15) is 4.79 Å². The van der Waals surface area contributed by atoms with Crippen LogP contribution < -0.4 is 14.2 Å². The van der Waals surface area contributed by atoms with Crippen LogP contribution in [0.15, 0.2) is 12.1 Å². The van der Waals surface area contributed by atoms with Gasteiger partial charge in [-0.1, -0.05) is 0 Å². The van der Waals surface area contributed by atoms with Crippen molar-refractivity contribution >= 4 is 5.91 Å². The summed E-state index contributed by atoms with van der Waals surface area (Å²) < 4.78 is 16.0. The highest BCUT2D eigenvalue weighted by Crippen LogP contribution is 2.51. The molecule has 116 valence electrons. The first kappa shape index (κ1) is 15.4. The van der Waals surface area contributed by atoms with Crippen molar-refractivity contribution in [1.29, 1.82) is 0 Å². The molecule has 21 heavy (non-hydrogen) atoms. The molecule has 1 aliphatic rings. The van der Waals surface area contributed by atoms with Crippen LogP contribution in [-0.4, -0.2) is 46.5 Å². The molecule has 6 nitrogen and oxygen atoms in total. The van der Waals surface area contributed by atoms with Gasteiger partial charge in [-0.05, 0) is 30.0 Å². The minimum atomic E-state index is -0.0576. The number of benzene rings is 1. The minimum Gasteiger partial charge on any atom is -0.493 e. The van der Waals surface area contributed by atoms with E-state index in [1.807, 2.05) is 12.1 Å². The number of carbonyl (C=O) groups excluding carboxylic acids is 1. The summed E-state index contributed by atoms with van der Waals surface area (Å²) in [5, 5.41) is 1.27. The second-order valence-corrected chi connectivity index (χ2v) is 4.93. The number of amides is 1. The van der Waals surface area contributed by atoms with Gasteiger partial charge in [0, 0.05) is 13.0 Å². The third kappa shape index (κ3) is 2.90. The van der Waals surface area contributed by atoms with Gasteiger partial charge >= 0.3 is 0 Å². The van der Waals surface area contributed by atoms with Gasteiger partial charge in [0.05, 0.1) is 28.4 Å². The van der Waals surface area contributed by atoms with E-state index in [2.05, 4.69) is 0 Å². The molecule has 0 N–H and O–H groups in total. The predicted octanol–water partition coefficient (Wildman–Crippen LogP) is 1.84. The molecule has 1 aromatic rings. The fraction of sp³-hybridized carbons (Fsp3) is 0.533. The van der Waals surface area contributed by atoms with E-state index in [-0.39, 0.29) is 17.7 Å². The summed E-state index contributed by atoms with van der Waals surface area (Å²) in [6.45, 7) is 0. The summed E-state index contributed by atoms with van der Waals surface area (Å²) in [6.07, 6.45) is 0.797. The molecule has 0 heterocycles. The van der Waals surface area contributed by atoms with Crippen molar-refractivity contribution in [3.63, 3.8) is 0 Å². The minimum absolute atomic E-state index is 0.0174. The standard InChI is InChI=1S/C15H21NO5/c1-16(21-5)15(17)11-8-10(11)9-6-12(18-2)14(20-4)13(7-9)19-3/h6-7,10-11H,8H2,1-5H3. The second-order valence-electron chi connectivity index (χ2n) is 4.93. The largest absolute Gasteiger partial charge is 0.493 e. The van der Waals surface area contributed by atoms with E-state index < -0.39 is 0 Å². The van der Waals surface area contributed by atoms with Gasteiger partial charge in [0.1, 0.15) is 0 Å². The van der Waals surface area contributed by atoms with Crippen LogP contribution in [0.2, 0.25) is 0 Å². The molecule has 6 heteroatoms. The summed E-state index contributed by atoms with van der Waals surface area (Å²) in [6, 6.07) is 3.79. The molecule has 1 saturated carbocycles. The van der Waals surface area contributed by atoms with Crippen molar-refractivity contribution < 1.29 is 23.8 Å². The molecule has 0 aromatic heterocycles. The molecule has 0 radical (unpaired) electrons. The van der Waals surface area contributed by atoms with Crippen molar-refractivity contribution in [3.05, 3.63) is 17.7 Å². The van der Waals surface area contributed by atoms with Crippen LogP contribution in [0.5, 0.6) is 17.2 Å². The summed E-state index contributed by atoms with van der Waals surface area (Å²) >= 11 is 0. The highest BCUT2D eigenvalue weighted by atomic mass is 16.7. The van der Waals surface area contributed by atoms with E-state index in [0.29, 0.717) is 17.2 Å². The highest BCUT2D eigenvalue weighted by molar-refractivity contribution is 5.82. The Morgan fingerprint density at radius 3 is 2.10 bits per heavy atom. The lowest BCUT2D eigenvalue weighted by atomic mass is 10.1. The molecular formula is C15H21NO5. The smallest absolute Gasteiger partial charge is 0.249 e. The number of hydroxylamine groups is 2. The molecule has 1 aromatic carbocycles. The zero-order valence-corrected chi connectivity index (χ0v) is 13.0. The third-order valence-electron chi connectivity index (χ3n) is 3.81. The Morgan fingerprint density at radius 1 is 1.10 bits per heavy atom. The lowest BCUT2D eigenvalue weighted by molar-refractivity contribution is -0.170. The third-order valence-corrected chi connectivity index (χ3v) is 3.81. The molecule has 1 fully saturated rings. The first-order chi connectivity index (χ1) is 10.1. The summed E-state index contributed by atoms with van der Waals surface area (Å²) in [4.78, 5) is 17.0. The maximum Gasteiger partial charge on any atom is 0.249 e. The Kier molecular flexibility index (Phi) is 4.57. The fourth-order valence-corrected chi connectivity index (χ4v) is 2.48. The number of rotatable bonds is 6. The first-order valence-corrected chi connectivity index (χ1v) is 6.68. The Bertz CT molecular complexity index is 506. The normalized spacial score (nSPS) is 19.9. The van der Waals surface area contributed by atoms with Crippen molar-refractivity contribution in [3.8, 4) is 17.2 Å². The van der Waals surface area contributed by atoms with Gasteiger partial charge in [-0.15, -0.1) is 0 Å². The van der Waals surface area contributed by atoms with E-state index in [4.69, 9.17) is 19.0 Å². The molecule has 2 rings (SSSR count). The Labute approximate surface area is 124 Å². The van der Waals surface area contributed by atoms with Gasteiger partial charge in [-0.25, -0.2) is 5.06 Å². The number of ether oxygens (including phenoxy) is 3. The lowest BCUT2D eigenvalue weighted by Gasteiger charge is -2.15. The van der Waals surface area contributed by atoms with Crippen LogP contribution in [0, 0.1) is 5.92 Å². The molecule has 1 aliphatic carbocycles. The van der Waals surface area contributed by atoms with E-state index in [1.54, 1.807) is 28.4 Å². The molecule has 0 saturated heterocycles. The van der Waals surface area contributed by atoms with Crippen LogP contribution in [0.1, 0.15) is 17.9 Å². The SMILES string of the molecule is COc1cc(C2CC2C(=O)N(C)OC)cc(OC)c1OC. The van der Waals surface area contributed by atoms with Crippen molar-refractivity contribution in [1.82, 2.24) is 5.06 Å². The van der Waals surface area contributed by atoms with Crippen LogP contribution >= 0.6 is 0 Å². The maximum absolute atomic E-state index is 12.1. The molecule has 0 spiro atoms. The van der Waals surface area contributed by atoms with E-state index in [1.165, 1.54) is 12.2 Å². The van der Waals surface area contributed by atoms with Gasteiger partial charge in [0.25, 0.3) is 0 Å². The maximum atomic E-state index is 12.1. The zero-order chi connectivity index (χ0) is 15.6. The number of methoxy groups -OCH3 is 3. The second kappa shape index (κ2) is 6.22. The Morgan fingerprint density at radius 2 is 1.67 bits per heavy atom. The Balaban J connectivity index is 2.25. The molecule has 0 bridgehead atoms. The van der Waals surface area contributed by atoms with Gasteiger partial charge in [-0.3, -0.25) is 9.63 Å². The van der Waals surface area contributed by atoms with Crippen LogP contribution in [0.4, 0.5) is 0 Å². The van der Waals surface area contributed by atoms with Gasteiger partial charge in [-0.2, -0.15) is 0 Å². The van der Waals surface area contributed by atoms with Gasteiger partial charge < -0.3 is 14.2 Å². The monoisotopic (exact) mass is 295 g/mol. The molecule has 1 amide bonds. The van der Waals surface area contributed by atoms with Crippen LogP contribution in [-0.2, 0) is 9.63 Å². The van der Waals surface area contributed by atoms with Gasteiger partial charge in [0.2, 0.25) is 11.7 Å². The zero-order valence-electron chi connectivity index (χ0n) is 13.0. The number of hydrogen-bond acceptors (Lipinski definition) is 5. The summed E-state index contributed by atoms with van der Waals surface area (Å²) in [7, 11) is 7.82.